The Bertz CT molecular complexity index is 533. The zero-order valence-electron chi connectivity index (χ0n) is 19.9. The Kier molecular flexibility index (Phi) is 17.3. The Morgan fingerprint density at radius 3 is 1.26 bits per heavy atom. The Morgan fingerprint density at radius 2 is 0.903 bits per heavy atom. The van der Waals surface area contributed by atoms with Crippen molar-refractivity contribution in [1.82, 2.24) is 0 Å². The van der Waals surface area contributed by atoms with E-state index < -0.39 is 0 Å². The number of methoxy groups -OCH3 is 2. The molecule has 0 aliphatic rings. The second kappa shape index (κ2) is 19.3. The quantitative estimate of drug-likeness (QED) is 0.152. The SMILES string of the molecule is COC(=O)CCCCCCCCCc1ccc(CCCCCCCCCC(=O)OC)s1. The fourth-order valence-corrected chi connectivity index (χ4v) is 4.90. The molecule has 0 saturated carbocycles. The number of esters is 2. The smallest absolute Gasteiger partial charge is 0.305 e. The molecule has 0 bridgehead atoms. The lowest BCUT2D eigenvalue weighted by Gasteiger charge is -2.02. The molecule has 1 rings (SSSR count). The molecule has 178 valence electrons. The van der Waals surface area contributed by atoms with E-state index in [2.05, 4.69) is 21.6 Å². The van der Waals surface area contributed by atoms with E-state index in [9.17, 15) is 9.59 Å². The molecule has 0 aliphatic carbocycles. The summed E-state index contributed by atoms with van der Waals surface area (Å²) >= 11 is 2.00. The number of unbranched alkanes of at least 4 members (excludes halogenated alkanes) is 12. The van der Waals surface area contributed by atoms with Crippen molar-refractivity contribution in [1.29, 1.82) is 0 Å². The first-order valence-electron chi connectivity index (χ1n) is 12.4. The van der Waals surface area contributed by atoms with Crippen molar-refractivity contribution in [3.8, 4) is 0 Å². The van der Waals surface area contributed by atoms with Gasteiger partial charge >= 0.3 is 11.9 Å². The van der Waals surface area contributed by atoms with Crippen molar-refractivity contribution in [3.63, 3.8) is 0 Å². The summed E-state index contributed by atoms with van der Waals surface area (Å²) in [5, 5.41) is 0. The molecule has 5 heteroatoms. The predicted octanol–water partition coefficient (Wildman–Crippen LogP) is 7.42. The van der Waals surface area contributed by atoms with Crippen LogP contribution in [0.3, 0.4) is 0 Å². The monoisotopic (exact) mass is 452 g/mol. The lowest BCUT2D eigenvalue weighted by Crippen LogP contribution is -1.99. The summed E-state index contributed by atoms with van der Waals surface area (Å²) in [6, 6.07) is 4.66. The third-order valence-corrected chi connectivity index (χ3v) is 6.99. The second-order valence-corrected chi connectivity index (χ2v) is 9.72. The van der Waals surface area contributed by atoms with Gasteiger partial charge in [-0.25, -0.2) is 0 Å². The van der Waals surface area contributed by atoms with Gasteiger partial charge in [0.15, 0.2) is 0 Å². The van der Waals surface area contributed by atoms with E-state index in [1.54, 1.807) is 9.75 Å². The van der Waals surface area contributed by atoms with Gasteiger partial charge < -0.3 is 9.47 Å². The lowest BCUT2D eigenvalue weighted by molar-refractivity contribution is -0.141. The molecule has 0 N–H and O–H groups in total. The third kappa shape index (κ3) is 16.0. The van der Waals surface area contributed by atoms with Crippen LogP contribution >= 0.6 is 11.3 Å². The van der Waals surface area contributed by atoms with E-state index in [4.69, 9.17) is 0 Å². The number of rotatable bonds is 20. The number of aryl methyl sites for hydroxylation is 2. The number of carbonyl (C=O) groups is 2. The molecule has 0 radical (unpaired) electrons. The number of hydrogen-bond acceptors (Lipinski definition) is 5. The van der Waals surface area contributed by atoms with Crippen LogP contribution in [0.1, 0.15) is 112 Å². The maximum absolute atomic E-state index is 11.0. The maximum Gasteiger partial charge on any atom is 0.305 e. The molecule has 0 atom stereocenters. The van der Waals surface area contributed by atoms with Crippen LogP contribution in [-0.2, 0) is 31.9 Å². The molecule has 0 amide bonds. The van der Waals surface area contributed by atoms with Crippen LogP contribution in [0.2, 0.25) is 0 Å². The molecular weight excluding hydrogens is 408 g/mol. The number of thiophene rings is 1. The average Bonchev–Trinajstić information content (AvgIpc) is 3.23. The van der Waals surface area contributed by atoms with Crippen LogP contribution in [-0.4, -0.2) is 26.2 Å². The van der Waals surface area contributed by atoms with Gasteiger partial charge in [-0.15, -0.1) is 11.3 Å². The minimum absolute atomic E-state index is 0.0839. The summed E-state index contributed by atoms with van der Waals surface area (Å²) in [4.78, 5) is 25.2. The molecule has 0 fully saturated rings. The molecule has 0 spiro atoms. The molecule has 1 aromatic rings. The highest BCUT2D eigenvalue weighted by Gasteiger charge is 2.03. The zero-order valence-corrected chi connectivity index (χ0v) is 20.7. The summed E-state index contributed by atoms with van der Waals surface area (Å²) in [7, 11) is 2.92. The topological polar surface area (TPSA) is 52.6 Å². The largest absolute Gasteiger partial charge is 0.469 e. The summed E-state index contributed by atoms with van der Waals surface area (Å²) in [6.07, 6.45) is 20.6. The molecule has 0 aromatic carbocycles. The fraction of sp³-hybridized carbons (Fsp3) is 0.769. The van der Waals surface area contributed by atoms with Crippen LogP contribution in [0.5, 0.6) is 0 Å². The third-order valence-electron chi connectivity index (χ3n) is 5.78. The van der Waals surface area contributed by atoms with Crippen molar-refractivity contribution in [2.45, 2.75) is 116 Å². The van der Waals surface area contributed by atoms with E-state index in [0.29, 0.717) is 12.8 Å². The zero-order chi connectivity index (χ0) is 22.6. The van der Waals surface area contributed by atoms with E-state index in [1.165, 1.54) is 91.3 Å². The highest BCUT2D eigenvalue weighted by molar-refractivity contribution is 7.11. The number of ether oxygens (including phenoxy) is 2. The average molecular weight is 453 g/mol. The summed E-state index contributed by atoms with van der Waals surface area (Å²) in [5.74, 6) is -0.168. The van der Waals surface area contributed by atoms with Crippen LogP contribution in [0.4, 0.5) is 0 Å². The van der Waals surface area contributed by atoms with Gasteiger partial charge in [0.05, 0.1) is 14.2 Å². The van der Waals surface area contributed by atoms with E-state index >= 15 is 0 Å². The van der Waals surface area contributed by atoms with Gasteiger partial charge in [0, 0.05) is 22.6 Å². The normalized spacial score (nSPS) is 10.9. The fourth-order valence-electron chi connectivity index (χ4n) is 3.80. The Hall–Kier alpha value is -1.36. The predicted molar refractivity (Wildman–Crippen MR) is 130 cm³/mol. The molecule has 0 aliphatic heterocycles. The first kappa shape index (κ1) is 27.7. The Morgan fingerprint density at radius 1 is 0.581 bits per heavy atom. The van der Waals surface area contributed by atoms with Gasteiger partial charge in [0.25, 0.3) is 0 Å². The van der Waals surface area contributed by atoms with Crippen LogP contribution < -0.4 is 0 Å². The first-order chi connectivity index (χ1) is 15.2. The van der Waals surface area contributed by atoms with Gasteiger partial charge in [-0.2, -0.15) is 0 Å². The summed E-state index contributed by atoms with van der Waals surface area (Å²) < 4.78 is 9.32. The second-order valence-electron chi connectivity index (χ2n) is 8.47. The van der Waals surface area contributed by atoms with Crippen molar-refractivity contribution < 1.29 is 19.1 Å². The molecule has 0 saturated heterocycles. The van der Waals surface area contributed by atoms with Crippen molar-refractivity contribution >= 4 is 23.3 Å². The van der Waals surface area contributed by atoms with E-state index in [0.717, 1.165) is 25.7 Å². The Balaban J connectivity index is 1.91. The lowest BCUT2D eigenvalue weighted by atomic mass is 10.1. The standard InChI is InChI=1S/C26H44O4S/c1-29-25(27)19-15-11-7-3-5-9-13-17-23-21-22-24(31-23)18-14-10-6-4-8-12-16-20-26(28)30-2/h21-22H,3-20H2,1-2H3. The number of carbonyl (C=O) groups excluding carboxylic acids is 2. The molecule has 1 heterocycles. The highest BCUT2D eigenvalue weighted by Crippen LogP contribution is 2.22. The Labute approximate surface area is 194 Å². The molecular formula is C26H44O4S. The highest BCUT2D eigenvalue weighted by atomic mass is 32.1. The number of hydrogen-bond donors (Lipinski definition) is 0. The minimum Gasteiger partial charge on any atom is -0.469 e. The van der Waals surface area contributed by atoms with Gasteiger partial charge in [-0.1, -0.05) is 64.2 Å². The van der Waals surface area contributed by atoms with E-state index in [-0.39, 0.29) is 11.9 Å². The molecule has 4 nitrogen and oxygen atoms in total. The van der Waals surface area contributed by atoms with Crippen LogP contribution in [0.15, 0.2) is 12.1 Å². The molecule has 0 unspecified atom stereocenters. The van der Waals surface area contributed by atoms with Gasteiger partial charge in [0.2, 0.25) is 0 Å². The van der Waals surface area contributed by atoms with Crippen LogP contribution in [0.25, 0.3) is 0 Å². The summed E-state index contributed by atoms with van der Waals surface area (Å²) in [5.41, 5.74) is 0. The first-order valence-corrected chi connectivity index (χ1v) is 13.2. The van der Waals surface area contributed by atoms with E-state index in [1.807, 2.05) is 11.3 Å². The van der Waals surface area contributed by atoms with Crippen molar-refractivity contribution in [2.75, 3.05) is 14.2 Å². The van der Waals surface area contributed by atoms with Gasteiger partial charge in [-0.05, 0) is 50.7 Å². The summed E-state index contributed by atoms with van der Waals surface area (Å²) in [6.45, 7) is 0. The van der Waals surface area contributed by atoms with Gasteiger partial charge in [0.1, 0.15) is 0 Å². The van der Waals surface area contributed by atoms with Crippen molar-refractivity contribution in [3.05, 3.63) is 21.9 Å². The van der Waals surface area contributed by atoms with Gasteiger partial charge in [-0.3, -0.25) is 9.59 Å². The molecule has 31 heavy (non-hydrogen) atoms. The maximum atomic E-state index is 11.0. The van der Waals surface area contributed by atoms with Crippen LogP contribution in [0, 0.1) is 0 Å². The molecule has 1 aromatic heterocycles. The minimum atomic E-state index is -0.0839. The van der Waals surface area contributed by atoms with Crippen molar-refractivity contribution in [2.24, 2.45) is 0 Å².